The summed E-state index contributed by atoms with van der Waals surface area (Å²) in [6, 6.07) is 5.93. The Balaban J connectivity index is 1.80. The standard InChI is InChI=1S/C17H20FN5O2/c1-2-3-4-9-19-15(24)14-16(25)23-11-10-22(17(23)21-20-14)13-7-5-12(18)6-8-13/h5-8H,2-4,9-11H2,1H3,(H,19,24). The van der Waals surface area contributed by atoms with Gasteiger partial charge in [0.1, 0.15) is 5.82 Å². The summed E-state index contributed by atoms with van der Waals surface area (Å²) in [5.41, 5.74) is 0.0712. The molecule has 1 aromatic carbocycles. The normalized spacial score (nSPS) is 13.0. The molecule has 0 atom stereocenters. The number of nitrogens with one attached hydrogen (secondary N) is 1. The van der Waals surface area contributed by atoms with Gasteiger partial charge < -0.3 is 10.2 Å². The van der Waals surface area contributed by atoms with Crippen LogP contribution in [-0.2, 0) is 6.54 Å². The minimum Gasteiger partial charge on any atom is -0.350 e. The van der Waals surface area contributed by atoms with Gasteiger partial charge in [-0.15, -0.1) is 10.2 Å². The van der Waals surface area contributed by atoms with Crippen LogP contribution in [0, 0.1) is 5.82 Å². The van der Waals surface area contributed by atoms with Crippen molar-refractivity contribution in [1.29, 1.82) is 0 Å². The minimum absolute atomic E-state index is 0.193. The second kappa shape index (κ2) is 7.42. The first kappa shape index (κ1) is 17.1. The molecular weight excluding hydrogens is 325 g/mol. The molecule has 1 N–H and O–H groups in total. The van der Waals surface area contributed by atoms with E-state index < -0.39 is 11.5 Å². The highest BCUT2D eigenvalue weighted by molar-refractivity contribution is 5.91. The lowest BCUT2D eigenvalue weighted by molar-refractivity contribution is 0.0944. The number of hydrogen-bond acceptors (Lipinski definition) is 5. The number of benzene rings is 1. The lowest BCUT2D eigenvalue weighted by Crippen LogP contribution is -2.35. The van der Waals surface area contributed by atoms with E-state index in [1.165, 1.54) is 16.7 Å². The molecule has 0 aliphatic carbocycles. The second-order valence-electron chi connectivity index (χ2n) is 5.90. The fraction of sp³-hybridized carbons (Fsp3) is 0.412. The van der Waals surface area contributed by atoms with Crippen LogP contribution in [0.3, 0.4) is 0 Å². The quantitative estimate of drug-likeness (QED) is 0.808. The van der Waals surface area contributed by atoms with Gasteiger partial charge in [-0.2, -0.15) is 0 Å². The smallest absolute Gasteiger partial charge is 0.286 e. The Morgan fingerprint density at radius 3 is 2.68 bits per heavy atom. The van der Waals surface area contributed by atoms with Crippen LogP contribution in [0.1, 0.15) is 36.7 Å². The summed E-state index contributed by atoms with van der Waals surface area (Å²) in [6.07, 6.45) is 2.93. The van der Waals surface area contributed by atoms with E-state index in [1.807, 2.05) is 0 Å². The molecule has 0 bridgehead atoms. The molecule has 2 heterocycles. The van der Waals surface area contributed by atoms with Crippen molar-refractivity contribution in [2.45, 2.75) is 32.7 Å². The molecule has 1 aliphatic heterocycles. The van der Waals surface area contributed by atoms with E-state index in [0.29, 0.717) is 25.6 Å². The first-order valence-corrected chi connectivity index (χ1v) is 8.40. The fourth-order valence-electron chi connectivity index (χ4n) is 2.78. The number of fused-ring (bicyclic) bond motifs is 1. The molecule has 0 saturated carbocycles. The molecule has 0 unspecified atom stereocenters. The molecule has 7 nitrogen and oxygen atoms in total. The molecule has 0 saturated heterocycles. The molecule has 132 valence electrons. The highest BCUT2D eigenvalue weighted by Gasteiger charge is 2.27. The predicted octanol–water partition coefficient (Wildman–Crippen LogP) is 1.85. The van der Waals surface area contributed by atoms with E-state index in [2.05, 4.69) is 22.4 Å². The van der Waals surface area contributed by atoms with Crippen molar-refractivity contribution in [1.82, 2.24) is 20.1 Å². The topological polar surface area (TPSA) is 80.1 Å². The summed E-state index contributed by atoms with van der Waals surface area (Å²) >= 11 is 0. The van der Waals surface area contributed by atoms with Crippen molar-refractivity contribution in [3.63, 3.8) is 0 Å². The highest BCUT2D eigenvalue weighted by Crippen LogP contribution is 2.26. The van der Waals surface area contributed by atoms with Gasteiger partial charge in [-0.25, -0.2) is 4.39 Å². The summed E-state index contributed by atoms with van der Waals surface area (Å²) in [5.74, 6) is -0.468. The number of nitrogens with zero attached hydrogens (tertiary/aromatic N) is 4. The van der Waals surface area contributed by atoms with Crippen LogP contribution >= 0.6 is 0 Å². The van der Waals surface area contributed by atoms with Gasteiger partial charge in [-0.1, -0.05) is 19.8 Å². The molecule has 1 amide bonds. The first-order valence-electron chi connectivity index (χ1n) is 8.40. The molecule has 1 aromatic heterocycles. The third-order valence-corrected chi connectivity index (χ3v) is 4.14. The summed E-state index contributed by atoms with van der Waals surface area (Å²) in [4.78, 5) is 26.4. The van der Waals surface area contributed by atoms with Gasteiger partial charge in [0.25, 0.3) is 11.5 Å². The highest BCUT2D eigenvalue weighted by atomic mass is 19.1. The van der Waals surface area contributed by atoms with Gasteiger partial charge in [0, 0.05) is 25.3 Å². The van der Waals surface area contributed by atoms with E-state index in [9.17, 15) is 14.0 Å². The Bertz CT molecular complexity index is 819. The van der Waals surface area contributed by atoms with Gasteiger partial charge >= 0.3 is 0 Å². The maximum absolute atomic E-state index is 13.1. The largest absolute Gasteiger partial charge is 0.350 e. The number of unbranched alkanes of at least 4 members (excludes halogenated alkanes) is 2. The summed E-state index contributed by atoms with van der Waals surface area (Å²) in [6.45, 7) is 3.50. The van der Waals surface area contributed by atoms with Crippen LogP contribution in [0.15, 0.2) is 29.1 Å². The number of carbonyl (C=O) groups excluding carboxylic acids is 1. The molecule has 0 radical (unpaired) electrons. The molecule has 0 fully saturated rings. The zero-order valence-electron chi connectivity index (χ0n) is 14.0. The van der Waals surface area contributed by atoms with E-state index in [1.54, 1.807) is 17.0 Å². The number of hydrogen-bond donors (Lipinski definition) is 1. The van der Waals surface area contributed by atoms with Crippen molar-refractivity contribution in [3.05, 3.63) is 46.1 Å². The van der Waals surface area contributed by atoms with Crippen molar-refractivity contribution in [3.8, 4) is 0 Å². The van der Waals surface area contributed by atoms with Crippen LogP contribution in [-0.4, -0.2) is 33.8 Å². The van der Waals surface area contributed by atoms with E-state index in [4.69, 9.17) is 0 Å². The lowest BCUT2D eigenvalue weighted by atomic mass is 10.2. The lowest BCUT2D eigenvalue weighted by Gasteiger charge is -2.16. The Morgan fingerprint density at radius 2 is 1.96 bits per heavy atom. The Hall–Kier alpha value is -2.77. The van der Waals surface area contributed by atoms with Crippen LogP contribution in [0.5, 0.6) is 0 Å². The summed E-state index contributed by atoms with van der Waals surface area (Å²) < 4.78 is 14.5. The minimum atomic E-state index is -0.496. The number of aromatic nitrogens is 3. The number of amides is 1. The number of rotatable bonds is 6. The number of anilines is 2. The summed E-state index contributed by atoms with van der Waals surface area (Å²) in [5, 5.41) is 10.6. The van der Waals surface area contributed by atoms with Gasteiger partial charge in [0.15, 0.2) is 0 Å². The van der Waals surface area contributed by atoms with E-state index in [0.717, 1.165) is 24.9 Å². The SMILES string of the molecule is CCCCCNC(=O)c1nnc2n(c1=O)CCN2c1ccc(F)cc1. The maximum Gasteiger partial charge on any atom is 0.286 e. The Labute approximate surface area is 144 Å². The van der Waals surface area contributed by atoms with Crippen molar-refractivity contribution < 1.29 is 9.18 Å². The van der Waals surface area contributed by atoms with Gasteiger partial charge in [-0.3, -0.25) is 14.2 Å². The number of carbonyl (C=O) groups is 1. The Kier molecular flexibility index (Phi) is 5.06. The molecular formula is C17H20FN5O2. The van der Waals surface area contributed by atoms with Gasteiger partial charge in [-0.05, 0) is 30.7 Å². The molecule has 8 heteroatoms. The molecule has 3 rings (SSSR count). The van der Waals surface area contributed by atoms with Crippen LogP contribution in [0.4, 0.5) is 16.0 Å². The van der Waals surface area contributed by atoms with Gasteiger partial charge in [0.05, 0.1) is 0 Å². The van der Waals surface area contributed by atoms with E-state index >= 15 is 0 Å². The van der Waals surface area contributed by atoms with Crippen LogP contribution in [0.2, 0.25) is 0 Å². The Morgan fingerprint density at radius 1 is 1.20 bits per heavy atom. The second-order valence-corrected chi connectivity index (χ2v) is 5.90. The predicted molar refractivity (Wildman–Crippen MR) is 91.6 cm³/mol. The van der Waals surface area contributed by atoms with Crippen molar-refractivity contribution in [2.75, 3.05) is 18.0 Å². The molecule has 2 aromatic rings. The summed E-state index contributed by atoms with van der Waals surface area (Å²) in [7, 11) is 0. The molecule has 25 heavy (non-hydrogen) atoms. The van der Waals surface area contributed by atoms with Gasteiger partial charge in [0.2, 0.25) is 11.6 Å². The van der Waals surface area contributed by atoms with Crippen molar-refractivity contribution in [2.24, 2.45) is 0 Å². The third-order valence-electron chi connectivity index (χ3n) is 4.14. The maximum atomic E-state index is 13.1. The van der Waals surface area contributed by atoms with E-state index in [-0.39, 0.29) is 11.5 Å². The molecule has 1 aliphatic rings. The van der Waals surface area contributed by atoms with Crippen LogP contribution < -0.4 is 15.8 Å². The molecule has 0 spiro atoms. The van der Waals surface area contributed by atoms with Crippen LogP contribution in [0.25, 0.3) is 0 Å². The zero-order chi connectivity index (χ0) is 17.8. The first-order chi connectivity index (χ1) is 12.1. The monoisotopic (exact) mass is 345 g/mol. The average molecular weight is 345 g/mol. The average Bonchev–Trinajstić information content (AvgIpc) is 3.04. The zero-order valence-corrected chi connectivity index (χ0v) is 14.0. The third kappa shape index (κ3) is 3.52. The number of halogens is 1. The fourth-order valence-corrected chi connectivity index (χ4v) is 2.78. The van der Waals surface area contributed by atoms with Crippen molar-refractivity contribution >= 4 is 17.5 Å².